The zero-order valence-corrected chi connectivity index (χ0v) is 11.9. The fourth-order valence-corrected chi connectivity index (χ4v) is 2.16. The number of carbonyl (C=O) groups excluding carboxylic acids is 1. The van der Waals surface area contributed by atoms with Crippen molar-refractivity contribution in [3.63, 3.8) is 0 Å². The second kappa shape index (κ2) is 7.99. The number of rotatable bonds is 2. The molecule has 0 amide bonds. The number of pyridine rings is 1. The average Bonchev–Trinajstić information content (AvgIpc) is 2.45. The molecule has 2 N–H and O–H groups in total. The highest BCUT2D eigenvalue weighted by molar-refractivity contribution is 6.05. The molecule has 0 radical (unpaired) electrons. The van der Waals surface area contributed by atoms with E-state index in [4.69, 9.17) is 4.65 Å². The molecule has 0 saturated carbocycles. The second-order valence-electron chi connectivity index (χ2n) is 4.83. The highest BCUT2D eigenvalue weighted by Crippen LogP contribution is 2.04. The lowest BCUT2D eigenvalue weighted by atomic mass is 10.2. The van der Waals surface area contributed by atoms with Crippen molar-refractivity contribution in [2.75, 3.05) is 32.7 Å². The highest BCUT2D eigenvalue weighted by atomic mass is 16.5. The van der Waals surface area contributed by atoms with Gasteiger partial charge in [0.05, 0.1) is 17.9 Å². The van der Waals surface area contributed by atoms with Gasteiger partial charge in [-0.05, 0) is 12.1 Å². The Bertz CT molecular complexity index is 444. The molecule has 6 nitrogen and oxygen atoms in total. The standard InChI is InChI=1S/C13H21BN4O2/c14-20-13(19)10-18-7-6-15-4-5-16-8-11-2-1-3-12(9-18)17-11/h1-3,15-16H,4-10,14H2. The van der Waals surface area contributed by atoms with Gasteiger partial charge in [0.1, 0.15) is 0 Å². The molecule has 1 aromatic heterocycles. The first-order valence-electron chi connectivity index (χ1n) is 6.93. The van der Waals surface area contributed by atoms with Crippen molar-refractivity contribution in [2.45, 2.75) is 13.1 Å². The van der Waals surface area contributed by atoms with Crippen molar-refractivity contribution in [1.29, 1.82) is 0 Å². The summed E-state index contributed by atoms with van der Waals surface area (Å²) in [5.74, 6) is -0.213. The van der Waals surface area contributed by atoms with Gasteiger partial charge in [0.25, 0.3) is 0 Å². The van der Waals surface area contributed by atoms with Crippen LogP contribution in [0.1, 0.15) is 11.4 Å². The Morgan fingerprint density at radius 3 is 2.95 bits per heavy atom. The van der Waals surface area contributed by atoms with Gasteiger partial charge in [0.15, 0.2) is 0 Å². The molecule has 1 aliphatic rings. The van der Waals surface area contributed by atoms with E-state index < -0.39 is 0 Å². The lowest BCUT2D eigenvalue weighted by Crippen LogP contribution is -2.38. The predicted molar refractivity (Wildman–Crippen MR) is 78.7 cm³/mol. The topological polar surface area (TPSA) is 66.5 Å². The van der Waals surface area contributed by atoms with Crippen LogP contribution in [0.2, 0.25) is 0 Å². The summed E-state index contributed by atoms with van der Waals surface area (Å²) in [6, 6.07) is 6.02. The van der Waals surface area contributed by atoms with Crippen LogP contribution in [0.5, 0.6) is 0 Å². The highest BCUT2D eigenvalue weighted by Gasteiger charge is 2.12. The molecule has 0 fully saturated rings. The Morgan fingerprint density at radius 1 is 1.30 bits per heavy atom. The van der Waals surface area contributed by atoms with Gasteiger partial charge < -0.3 is 15.3 Å². The molecule has 0 unspecified atom stereocenters. The molecule has 2 heterocycles. The summed E-state index contributed by atoms with van der Waals surface area (Å²) >= 11 is 0. The summed E-state index contributed by atoms with van der Waals surface area (Å²) in [5.41, 5.74) is 2.01. The monoisotopic (exact) mass is 276 g/mol. The van der Waals surface area contributed by atoms with E-state index in [1.165, 1.54) is 8.05 Å². The third-order valence-corrected chi connectivity index (χ3v) is 3.22. The van der Waals surface area contributed by atoms with Crippen molar-refractivity contribution in [2.24, 2.45) is 0 Å². The van der Waals surface area contributed by atoms with Gasteiger partial charge in [-0.15, -0.1) is 0 Å². The van der Waals surface area contributed by atoms with E-state index in [-0.39, 0.29) is 5.97 Å². The Hall–Kier alpha value is -1.44. The number of fused-ring (bicyclic) bond motifs is 2. The quantitative estimate of drug-likeness (QED) is 0.652. The van der Waals surface area contributed by atoms with E-state index in [1.54, 1.807) is 0 Å². The molecule has 0 aromatic carbocycles. The average molecular weight is 276 g/mol. The van der Waals surface area contributed by atoms with Crippen molar-refractivity contribution in [3.8, 4) is 0 Å². The second-order valence-corrected chi connectivity index (χ2v) is 4.83. The fourth-order valence-electron chi connectivity index (χ4n) is 2.16. The summed E-state index contributed by atoms with van der Waals surface area (Å²) < 4.78 is 4.75. The summed E-state index contributed by atoms with van der Waals surface area (Å²) in [7, 11) is 1.42. The molecule has 0 spiro atoms. The van der Waals surface area contributed by atoms with E-state index in [0.717, 1.165) is 44.1 Å². The number of carbonyl (C=O) groups is 1. The van der Waals surface area contributed by atoms with Crippen molar-refractivity contribution >= 4 is 14.0 Å². The summed E-state index contributed by atoms with van der Waals surface area (Å²) in [6.45, 7) is 5.17. The molecule has 0 saturated heterocycles. The molecule has 2 rings (SSSR count). The van der Waals surface area contributed by atoms with E-state index in [2.05, 4.69) is 20.5 Å². The lowest BCUT2D eigenvalue weighted by molar-refractivity contribution is -0.135. The predicted octanol–water partition coefficient (Wildman–Crippen LogP) is -1.33. The van der Waals surface area contributed by atoms with Gasteiger partial charge in [0.2, 0.25) is 0 Å². The molecule has 7 heteroatoms. The largest absolute Gasteiger partial charge is 0.542 e. The first-order chi connectivity index (χ1) is 9.78. The van der Waals surface area contributed by atoms with Crippen LogP contribution in [0, 0.1) is 0 Å². The summed E-state index contributed by atoms with van der Waals surface area (Å²) in [5, 5.41) is 6.71. The lowest BCUT2D eigenvalue weighted by Gasteiger charge is -2.22. The zero-order valence-electron chi connectivity index (χ0n) is 11.9. The molecular weight excluding hydrogens is 255 g/mol. The van der Waals surface area contributed by atoms with Crippen molar-refractivity contribution in [1.82, 2.24) is 20.5 Å². The van der Waals surface area contributed by atoms with Gasteiger partial charge >= 0.3 is 14.0 Å². The molecule has 1 aliphatic heterocycles. The third kappa shape index (κ3) is 4.92. The molecule has 20 heavy (non-hydrogen) atoms. The normalized spacial score (nSPS) is 17.8. The molecule has 1 aromatic rings. The minimum Gasteiger partial charge on any atom is -0.542 e. The van der Waals surface area contributed by atoms with Crippen molar-refractivity contribution in [3.05, 3.63) is 29.6 Å². The van der Waals surface area contributed by atoms with Crippen LogP contribution in [-0.2, 0) is 22.5 Å². The molecule has 2 bridgehead atoms. The number of hydrogen-bond donors (Lipinski definition) is 2. The number of nitrogens with zero attached hydrogens (tertiary/aromatic N) is 2. The zero-order chi connectivity index (χ0) is 14.2. The van der Waals surface area contributed by atoms with Gasteiger partial charge in [-0.25, -0.2) is 0 Å². The SMILES string of the molecule is BOC(=O)CN1CCNCCNCc2cccc(n2)C1. The molecular formula is C13H21BN4O2. The Morgan fingerprint density at radius 2 is 2.10 bits per heavy atom. The van der Waals surface area contributed by atoms with Crippen LogP contribution in [0.4, 0.5) is 0 Å². The van der Waals surface area contributed by atoms with Crippen LogP contribution >= 0.6 is 0 Å². The van der Waals surface area contributed by atoms with Gasteiger partial charge in [-0.2, -0.15) is 0 Å². The van der Waals surface area contributed by atoms with Crippen LogP contribution < -0.4 is 10.6 Å². The Labute approximate surface area is 120 Å². The van der Waals surface area contributed by atoms with Crippen LogP contribution in [0.15, 0.2) is 18.2 Å². The Balaban J connectivity index is 2.07. The Kier molecular flexibility index (Phi) is 5.98. The van der Waals surface area contributed by atoms with Gasteiger partial charge in [0, 0.05) is 39.3 Å². The molecule has 0 aliphatic carbocycles. The van der Waals surface area contributed by atoms with E-state index in [9.17, 15) is 4.79 Å². The van der Waals surface area contributed by atoms with E-state index in [1.807, 2.05) is 18.2 Å². The summed E-state index contributed by atoms with van der Waals surface area (Å²) in [6.07, 6.45) is 0. The van der Waals surface area contributed by atoms with Crippen LogP contribution in [-0.4, -0.2) is 56.6 Å². The van der Waals surface area contributed by atoms with Crippen LogP contribution in [0.3, 0.4) is 0 Å². The minimum atomic E-state index is -0.213. The first-order valence-corrected chi connectivity index (χ1v) is 6.93. The maximum atomic E-state index is 11.5. The van der Waals surface area contributed by atoms with E-state index in [0.29, 0.717) is 13.1 Å². The third-order valence-electron chi connectivity index (χ3n) is 3.22. The maximum Gasteiger partial charge on any atom is 0.326 e. The number of nitrogens with one attached hydrogen (secondary N) is 2. The number of hydrogen-bond acceptors (Lipinski definition) is 6. The summed E-state index contributed by atoms with van der Waals surface area (Å²) in [4.78, 5) is 18.1. The molecule has 0 atom stereocenters. The maximum absolute atomic E-state index is 11.5. The number of aromatic nitrogens is 1. The van der Waals surface area contributed by atoms with Gasteiger partial charge in [-0.1, -0.05) is 6.07 Å². The fraction of sp³-hybridized carbons (Fsp3) is 0.538. The molecule has 108 valence electrons. The minimum absolute atomic E-state index is 0.213. The van der Waals surface area contributed by atoms with Gasteiger partial charge in [-0.3, -0.25) is 14.7 Å². The first kappa shape index (κ1) is 15.0. The van der Waals surface area contributed by atoms with E-state index >= 15 is 0 Å². The van der Waals surface area contributed by atoms with Crippen LogP contribution in [0.25, 0.3) is 0 Å². The smallest absolute Gasteiger partial charge is 0.326 e. The van der Waals surface area contributed by atoms with Crippen molar-refractivity contribution < 1.29 is 9.45 Å².